The first-order valence-corrected chi connectivity index (χ1v) is 12.6. The third kappa shape index (κ3) is 4.15. The van der Waals surface area contributed by atoms with E-state index in [1.54, 1.807) is 18.2 Å². The standard InChI is InChI=1S/C26H20N4O6S/c1-28(37(35,36)23-12-5-4-11-21(23)30(33)34)18-8-6-9-19(15-18)29-22-14-13-17-7-2-3-10-20(17)26(22)27-24(31)16-25(29)32/h2-15H,16H2,1H3,(H,27,31). The lowest BCUT2D eigenvalue weighted by molar-refractivity contribution is -0.387. The summed E-state index contributed by atoms with van der Waals surface area (Å²) in [5.74, 6) is -0.953. The minimum Gasteiger partial charge on any atom is -0.323 e. The average molecular weight is 517 g/mol. The van der Waals surface area contributed by atoms with Gasteiger partial charge in [0.05, 0.1) is 27.7 Å². The molecular weight excluding hydrogens is 496 g/mol. The van der Waals surface area contributed by atoms with Crippen molar-refractivity contribution in [3.63, 3.8) is 0 Å². The van der Waals surface area contributed by atoms with Crippen molar-refractivity contribution in [3.8, 4) is 0 Å². The zero-order chi connectivity index (χ0) is 26.3. The second-order valence-electron chi connectivity index (χ2n) is 8.35. The summed E-state index contributed by atoms with van der Waals surface area (Å²) in [6, 6.07) is 22.3. The van der Waals surface area contributed by atoms with Gasteiger partial charge in [-0.1, -0.05) is 48.5 Å². The van der Waals surface area contributed by atoms with Crippen LogP contribution in [0.3, 0.4) is 0 Å². The Labute approximate surface area is 211 Å². The van der Waals surface area contributed by atoms with Gasteiger partial charge < -0.3 is 5.32 Å². The number of nitrogens with zero attached hydrogens (tertiary/aromatic N) is 3. The van der Waals surface area contributed by atoms with Crippen LogP contribution in [0.5, 0.6) is 0 Å². The summed E-state index contributed by atoms with van der Waals surface area (Å²) in [7, 11) is -3.03. The first-order chi connectivity index (χ1) is 17.7. The number of amides is 2. The number of anilines is 4. The molecule has 0 radical (unpaired) electrons. The molecule has 0 bridgehead atoms. The van der Waals surface area contributed by atoms with Gasteiger partial charge in [0.1, 0.15) is 6.42 Å². The number of carbonyl (C=O) groups is 2. The van der Waals surface area contributed by atoms with Crippen molar-refractivity contribution in [1.29, 1.82) is 0 Å². The third-order valence-corrected chi connectivity index (χ3v) is 7.96. The van der Waals surface area contributed by atoms with Gasteiger partial charge >= 0.3 is 0 Å². The number of benzene rings is 4. The normalized spacial score (nSPS) is 13.6. The number of nitrogens with one attached hydrogen (secondary N) is 1. The van der Waals surface area contributed by atoms with E-state index in [0.29, 0.717) is 17.1 Å². The Hall–Kier alpha value is -4.77. The molecule has 5 rings (SSSR count). The highest BCUT2D eigenvalue weighted by molar-refractivity contribution is 7.93. The summed E-state index contributed by atoms with van der Waals surface area (Å²) in [6.45, 7) is 0. The summed E-state index contributed by atoms with van der Waals surface area (Å²) in [4.78, 5) is 37.3. The first kappa shape index (κ1) is 23.9. The fraction of sp³-hybridized carbons (Fsp3) is 0.0769. The van der Waals surface area contributed by atoms with Crippen LogP contribution in [0.1, 0.15) is 6.42 Å². The second-order valence-corrected chi connectivity index (χ2v) is 10.3. The minimum atomic E-state index is -4.31. The van der Waals surface area contributed by atoms with Crippen LogP contribution in [-0.4, -0.2) is 32.2 Å². The molecule has 186 valence electrons. The molecule has 37 heavy (non-hydrogen) atoms. The van der Waals surface area contributed by atoms with Crippen LogP contribution in [0.15, 0.2) is 89.8 Å². The second kappa shape index (κ2) is 9.03. The van der Waals surface area contributed by atoms with Crippen molar-refractivity contribution in [3.05, 3.63) is 95.0 Å². The predicted molar refractivity (Wildman–Crippen MR) is 139 cm³/mol. The molecule has 4 aromatic carbocycles. The van der Waals surface area contributed by atoms with Crippen molar-refractivity contribution in [2.24, 2.45) is 0 Å². The topological polar surface area (TPSA) is 130 Å². The zero-order valence-electron chi connectivity index (χ0n) is 19.5. The van der Waals surface area contributed by atoms with Gasteiger partial charge in [-0.15, -0.1) is 0 Å². The molecule has 1 N–H and O–H groups in total. The fourth-order valence-corrected chi connectivity index (χ4v) is 5.68. The van der Waals surface area contributed by atoms with E-state index in [4.69, 9.17) is 0 Å². The van der Waals surface area contributed by atoms with Crippen molar-refractivity contribution in [1.82, 2.24) is 0 Å². The number of hydrogen-bond donors (Lipinski definition) is 1. The number of carbonyl (C=O) groups excluding carboxylic acids is 2. The number of fused-ring (bicyclic) bond motifs is 3. The van der Waals surface area contributed by atoms with E-state index in [-0.39, 0.29) is 5.69 Å². The van der Waals surface area contributed by atoms with E-state index in [0.717, 1.165) is 21.1 Å². The molecule has 11 heteroatoms. The monoisotopic (exact) mass is 516 g/mol. The third-order valence-electron chi connectivity index (χ3n) is 6.13. The largest absolute Gasteiger partial charge is 0.323 e. The van der Waals surface area contributed by atoms with Crippen molar-refractivity contribution < 1.29 is 22.9 Å². The molecule has 0 saturated carbocycles. The van der Waals surface area contributed by atoms with Crippen LogP contribution < -0.4 is 14.5 Å². The van der Waals surface area contributed by atoms with E-state index in [2.05, 4.69) is 5.32 Å². The van der Waals surface area contributed by atoms with Gasteiger partial charge in [0.2, 0.25) is 11.8 Å². The highest BCUT2D eigenvalue weighted by Crippen LogP contribution is 2.41. The van der Waals surface area contributed by atoms with E-state index in [1.165, 1.54) is 42.3 Å². The van der Waals surface area contributed by atoms with Gasteiger partial charge in [-0.25, -0.2) is 8.42 Å². The van der Waals surface area contributed by atoms with Gasteiger partial charge in [-0.2, -0.15) is 0 Å². The summed E-state index contributed by atoms with van der Waals surface area (Å²) in [5, 5.41) is 15.9. The van der Waals surface area contributed by atoms with Crippen molar-refractivity contribution in [2.45, 2.75) is 11.3 Å². The SMILES string of the molecule is CN(c1cccc(N2C(=O)CC(=O)Nc3c2ccc2ccccc32)c1)S(=O)(=O)c1ccccc1[N+](=O)[O-]. The fourth-order valence-electron chi connectivity index (χ4n) is 4.34. The molecule has 0 atom stereocenters. The Morgan fingerprint density at radius 1 is 0.946 bits per heavy atom. The number of para-hydroxylation sites is 1. The Kier molecular flexibility index (Phi) is 5.84. The van der Waals surface area contributed by atoms with E-state index in [9.17, 15) is 28.1 Å². The van der Waals surface area contributed by atoms with Crippen LogP contribution in [0.25, 0.3) is 10.8 Å². The van der Waals surface area contributed by atoms with Crippen LogP contribution in [0, 0.1) is 10.1 Å². The maximum Gasteiger partial charge on any atom is 0.289 e. The number of nitro groups is 1. The molecule has 0 unspecified atom stereocenters. The van der Waals surface area contributed by atoms with E-state index >= 15 is 0 Å². The van der Waals surface area contributed by atoms with Gasteiger partial charge in [-0.3, -0.25) is 28.9 Å². The molecule has 0 fully saturated rings. The molecule has 1 aliphatic rings. The van der Waals surface area contributed by atoms with Crippen LogP contribution in [0.4, 0.5) is 28.4 Å². The molecular formula is C26H20N4O6S. The summed E-state index contributed by atoms with van der Waals surface area (Å²) in [5.41, 5.74) is 0.879. The average Bonchev–Trinajstić information content (AvgIpc) is 3.02. The molecule has 2 amide bonds. The smallest absolute Gasteiger partial charge is 0.289 e. The number of rotatable bonds is 5. The minimum absolute atomic E-state index is 0.175. The molecule has 0 aliphatic carbocycles. The summed E-state index contributed by atoms with van der Waals surface area (Å²) >= 11 is 0. The Morgan fingerprint density at radius 2 is 1.68 bits per heavy atom. The summed E-state index contributed by atoms with van der Waals surface area (Å²) in [6.07, 6.45) is -0.405. The molecule has 10 nitrogen and oxygen atoms in total. The number of sulfonamides is 1. The summed E-state index contributed by atoms with van der Waals surface area (Å²) < 4.78 is 27.6. The van der Waals surface area contributed by atoms with Crippen LogP contribution in [0.2, 0.25) is 0 Å². The van der Waals surface area contributed by atoms with Crippen LogP contribution >= 0.6 is 0 Å². The predicted octanol–water partition coefficient (Wildman–Crippen LogP) is 4.58. The van der Waals surface area contributed by atoms with Gasteiger partial charge in [0, 0.05) is 18.5 Å². The molecule has 1 heterocycles. The van der Waals surface area contributed by atoms with Crippen molar-refractivity contribution >= 4 is 61.0 Å². The van der Waals surface area contributed by atoms with Gasteiger partial charge in [-0.05, 0) is 35.7 Å². The molecule has 0 aromatic heterocycles. The lowest BCUT2D eigenvalue weighted by Crippen LogP contribution is -2.29. The van der Waals surface area contributed by atoms with Crippen LogP contribution in [-0.2, 0) is 19.6 Å². The number of hydrogen-bond acceptors (Lipinski definition) is 6. The lowest BCUT2D eigenvalue weighted by Gasteiger charge is -2.25. The van der Waals surface area contributed by atoms with Gasteiger partial charge in [0.25, 0.3) is 15.7 Å². The molecule has 4 aromatic rings. The van der Waals surface area contributed by atoms with E-state index < -0.39 is 43.8 Å². The highest BCUT2D eigenvalue weighted by Gasteiger charge is 2.32. The number of nitro benzene ring substituents is 1. The Bertz CT molecular complexity index is 1700. The Balaban J connectivity index is 1.62. The van der Waals surface area contributed by atoms with Gasteiger partial charge in [0.15, 0.2) is 4.90 Å². The van der Waals surface area contributed by atoms with Crippen molar-refractivity contribution in [2.75, 3.05) is 21.6 Å². The highest BCUT2D eigenvalue weighted by atomic mass is 32.2. The molecule has 1 aliphatic heterocycles. The zero-order valence-corrected chi connectivity index (χ0v) is 20.3. The van der Waals surface area contributed by atoms with E-state index in [1.807, 2.05) is 30.3 Å². The quantitative estimate of drug-likeness (QED) is 0.235. The first-order valence-electron chi connectivity index (χ1n) is 11.2. The maximum absolute atomic E-state index is 13.3. The Morgan fingerprint density at radius 3 is 2.46 bits per heavy atom. The molecule has 0 saturated heterocycles. The lowest BCUT2D eigenvalue weighted by atomic mass is 10.1. The molecule has 0 spiro atoms. The maximum atomic E-state index is 13.3.